The first-order valence-electron chi connectivity index (χ1n) is 10.2. The monoisotopic (exact) mass is 438 g/mol. The molecule has 31 heavy (non-hydrogen) atoms. The van der Waals surface area contributed by atoms with Crippen molar-refractivity contribution in [2.75, 3.05) is 27.0 Å². The summed E-state index contributed by atoms with van der Waals surface area (Å²) in [4.78, 5) is 19.3. The number of amides is 1. The first-order chi connectivity index (χ1) is 15.1. The van der Waals surface area contributed by atoms with E-state index in [4.69, 9.17) is 9.47 Å². The van der Waals surface area contributed by atoms with Crippen molar-refractivity contribution >= 4 is 17.7 Å². The Bertz CT molecular complexity index is 1070. The van der Waals surface area contributed by atoms with Crippen molar-refractivity contribution in [1.82, 2.24) is 20.1 Å². The molecular weight excluding hydrogens is 412 g/mol. The largest absolute Gasteiger partial charge is 0.497 e. The lowest BCUT2D eigenvalue weighted by Crippen LogP contribution is -2.34. The van der Waals surface area contributed by atoms with E-state index in [1.165, 1.54) is 22.9 Å². The number of benzene rings is 2. The molecule has 1 atom stereocenters. The van der Waals surface area contributed by atoms with E-state index in [1.54, 1.807) is 20.3 Å². The number of aromatic nitrogens is 3. The Balaban J connectivity index is 1.42. The predicted molar refractivity (Wildman–Crippen MR) is 121 cm³/mol. The first-order valence-corrected chi connectivity index (χ1v) is 11.2. The topological polar surface area (TPSA) is 80.3 Å². The van der Waals surface area contributed by atoms with Crippen LogP contribution in [-0.2, 0) is 11.2 Å². The number of thioether (sulfide) groups is 1. The normalized spacial score (nSPS) is 15.3. The zero-order chi connectivity index (χ0) is 21.8. The molecule has 1 heterocycles. The maximum absolute atomic E-state index is 12.9. The van der Waals surface area contributed by atoms with Gasteiger partial charge in [-0.25, -0.2) is 4.98 Å². The quantitative estimate of drug-likeness (QED) is 0.559. The van der Waals surface area contributed by atoms with Gasteiger partial charge in [0.15, 0.2) is 5.82 Å². The fourth-order valence-electron chi connectivity index (χ4n) is 3.96. The Labute approximate surface area is 186 Å². The summed E-state index contributed by atoms with van der Waals surface area (Å²) >= 11 is 1.33. The van der Waals surface area contributed by atoms with Crippen LogP contribution in [-0.4, -0.2) is 53.0 Å². The van der Waals surface area contributed by atoms with E-state index in [2.05, 4.69) is 33.4 Å². The number of H-pyrrole nitrogens is 1. The van der Waals surface area contributed by atoms with Crippen molar-refractivity contribution in [3.05, 3.63) is 53.6 Å². The zero-order valence-corrected chi connectivity index (χ0v) is 18.7. The van der Waals surface area contributed by atoms with Gasteiger partial charge < -0.3 is 14.4 Å². The lowest BCUT2D eigenvalue weighted by atomic mass is 9.87. The molecule has 0 radical (unpaired) electrons. The Kier molecular flexibility index (Phi) is 6.46. The highest BCUT2D eigenvalue weighted by atomic mass is 32.2. The molecular formula is C23H26N4O3S. The second kappa shape index (κ2) is 9.43. The van der Waals surface area contributed by atoms with E-state index >= 15 is 0 Å². The average molecular weight is 439 g/mol. The van der Waals surface area contributed by atoms with Gasteiger partial charge in [-0.1, -0.05) is 36.0 Å². The molecule has 8 heteroatoms. The minimum Gasteiger partial charge on any atom is -0.497 e. The fraction of sp³-hybridized carbons (Fsp3) is 0.348. The minimum atomic E-state index is 0.0695. The second-order valence-electron chi connectivity index (χ2n) is 7.43. The maximum atomic E-state index is 12.9. The maximum Gasteiger partial charge on any atom is 0.233 e. The van der Waals surface area contributed by atoms with E-state index in [1.807, 2.05) is 30.1 Å². The molecule has 0 fully saturated rings. The van der Waals surface area contributed by atoms with Gasteiger partial charge in [-0.15, -0.1) is 5.10 Å². The molecule has 1 unspecified atom stereocenters. The van der Waals surface area contributed by atoms with Crippen molar-refractivity contribution in [2.45, 2.75) is 30.5 Å². The Hall–Kier alpha value is -3.00. The molecule has 162 valence electrons. The number of aromatic amines is 1. The lowest BCUT2D eigenvalue weighted by molar-refractivity contribution is -0.129. The molecule has 0 spiro atoms. The smallest absolute Gasteiger partial charge is 0.233 e. The van der Waals surface area contributed by atoms with Crippen molar-refractivity contribution in [2.24, 2.45) is 0 Å². The van der Waals surface area contributed by atoms with Crippen LogP contribution in [0.15, 0.2) is 47.6 Å². The van der Waals surface area contributed by atoms with Crippen molar-refractivity contribution in [3.63, 3.8) is 0 Å². The summed E-state index contributed by atoms with van der Waals surface area (Å²) in [6.45, 7) is 0. The first kappa shape index (κ1) is 21.2. The molecule has 1 aromatic heterocycles. The highest BCUT2D eigenvalue weighted by molar-refractivity contribution is 7.99. The van der Waals surface area contributed by atoms with Crippen LogP contribution in [0.2, 0.25) is 0 Å². The molecule has 0 bridgehead atoms. The highest BCUT2D eigenvalue weighted by Gasteiger charge is 2.26. The number of rotatable bonds is 7. The van der Waals surface area contributed by atoms with E-state index in [-0.39, 0.29) is 17.7 Å². The van der Waals surface area contributed by atoms with E-state index in [0.717, 1.165) is 24.8 Å². The van der Waals surface area contributed by atoms with Crippen molar-refractivity contribution in [3.8, 4) is 22.9 Å². The standard InChI is InChI=1S/C23H26N4O3S/c1-27(19-10-6-8-15-7-4-5-9-17(15)19)21(28)14-31-23-24-22(25-26-23)18-12-11-16(29-2)13-20(18)30-3/h4-5,7,9,11-13,19H,6,8,10,14H2,1-3H3,(H,24,25,26). The molecule has 2 aromatic carbocycles. The van der Waals surface area contributed by atoms with Crippen LogP contribution in [0, 0.1) is 0 Å². The highest BCUT2D eigenvalue weighted by Crippen LogP contribution is 2.34. The summed E-state index contributed by atoms with van der Waals surface area (Å²) in [5, 5.41) is 7.72. The number of aryl methyl sites for hydroxylation is 1. The molecule has 1 aliphatic carbocycles. The molecule has 1 amide bonds. The Morgan fingerprint density at radius 1 is 1.23 bits per heavy atom. The number of hydrogen-bond donors (Lipinski definition) is 1. The Morgan fingerprint density at radius 3 is 2.87 bits per heavy atom. The zero-order valence-electron chi connectivity index (χ0n) is 17.9. The third-order valence-electron chi connectivity index (χ3n) is 5.65. The van der Waals surface area contributed by atoms with Gasteiger partial charge in [0.25, 0.3) is 0 Å². The van der Waals surface area contributed by atoms with Gasteiger partial charge in [-0.05, 0) is 42.5 Å². The third-order valence-corrected chi connectivity index (χ3v) is 6.48. The van der Waals surface area contributed by atoms with E-state index in [0.29, 0.717) is 22.5 Å². The summed E-state index contributed by atoms with van der Waals surface area (Å²) in [6, 6.07) is 14.1. The molecule has 3 aromatic rings. The van der Waals surface area contributed by atoms with Gasteiger partial charge >= 0.3 is 0 Å². The number of carbonyl (C=O) groups excluding carboxylic acids is 1. The van der Waals surface area contributed by atoms with Crippen LogP contribution in [0.25, 0.3) is 11.4 Å². The van der Waals surface area contributed by atoms with Crippen LogP contribution in [0.3, 0.4) is 0 Å². The SMILES string of the molecule is COc1ccc(-c2nc(SCC(=O)N(C)C3CCCc4ccccc43)n[nH]2)c(OC)c1. The summed E-state index contributed by atoms with van der Waals surface area (Å²) in [7, 11) is 5.10. The number of methoxy groups -OCH3 is 2. The van der Waals surface area contributed by atoms with Crippen LogP contribution in [0.5, 0.6) is 11.5 Å². The number of nitrogens with one attached hydrogen (secondary N) is 1. The van der Waals surface area contributed by atoms with Gasteiger partial charge in [0.2, 0.25) is 11.1 Å². The molecule has 1 N–H and O–H groups in total. The predicted octanol–water partition coefficient (Wildman–Crippen LogP) is 4.12. The minimum absolute atomic E-state index is 0.0695. The number of nitrogens with zero attached hydrogens (tertiary/aromatic N) is 3. The van der Waals surface area contributed by atoms with Crippen LogP contribution in [0.1, 0.15) is 30.0 Å². The molecule has 7 nitrogen and oxygen atoms in total. The van der Waals surface area contributed by atoms with Crippen molar-refractivity contribution < 1.29 is 14.3 Å². The molecule has 4 rings (SSSR count). The van der Waals surface area contributed by atoms with Crippen molar-refractivity contribution in [1.29, 1.82) is 0 Å². The van der Waals surface area contributed by atoms with Gasteiger partial charge in [-0.3, -0.25) is 9.89 Å². The summed E-state index contributed by atoms with van der Waals surface area (Å²) in [6.07, 6.45) is 3.17. The summed E-state index contributed by atoms with van der Waals surface area (Å²) < 4.78 is 10.7. The lowest BCUT2D eigenvalue weighted by Gasteiger charge is -2.33. The van der Waals surface area contributed by atoms with Gasteiger partial charge in [0.05, 0.1) is 31.6 Å². The van der Waals surface area contributed by atoms with Gasteiger partial charge in [0, 0.05) is 13.1 Å². The van der Waals surface area contributed by atoms with Crippen LogP contribution < -0.4 is 9.47 Å². The summed E-state index contributed by atoms with van der Waals surface area (Å²) in [5.74, 6) is 2.28. The van der Waals surface area contributed by atoms with Crippen LogP contribution >= 0.6 is 11.8 Å². The molecule has 0 saturated carbocycles. The van der Waals surface area contributed by atoms with E-state index < -0.39 is 0 Å². The fourth-order valence-corrected chi connectivity index (χ4v) is 4.68. The Morgan fingerprint density at radius 2 is 2.06 bits per heavy atom. The van der Waals surface area contributed by atoms with Gasteiger partial charge in [0.1, 0.15) is 11.5 Å². The number of ether oxygens (including phenoxy) is 2. The molecule has 0 saturated heterocycles. The van der Waals surface area contributed by atoms with Gasteiger partial charge in [-0.2, -0.15) is 0 Å². The second-order valence-corrected chi connectivity index (χ2v) is 8.38. The summed E-state index contributed by atoms with van der Waals surface area (Å²) in [5.41, 5.74) is 3.39. The molecule has 0 aliphatic heterocycles. The average Bonchev–Trinajstić information content (AvgIpc) is 3.30. The number of carbonyl (C=O) groups is 1. The van der Waals surface area contributed by atoms with Crippen LogP contribution in [0.4, 0.5) is 0 Å². The van der Waals surface area contributed by atoms with E-state index in [9.17, 15) is 4.79 Å². The molecule has 1 aliphatic rings. The number of fused-ring (bicyclic) bond motifs is 1. The number of hydrogen-bond acceptors (Lipinski definition) is 6. The third kappa shape index (κ3) is 4.54.